The van der Waals surface area contributed by atoms with E-state index in [1.165, 1.54) is 16.7 Å². The average Bonchev–Trinajstić information content (AvgIpc) is 1.95. The molecule has 10 heavy (non-hydrogen) atoms. The zero-order valence-electron chi connectivity index (χ0n) is 6.81. The van der Waals surface area contributed by atoms with Gasteiger partial charge in [-0.1, -0.05) is 25.1 Å². The first-order valence-electron chi connectivity index (χ1n) is 3.61. The van der Waals surface area contributed by atoms with Gasteiger partial charge in [0.05, 0.1) is 0 Å². The molecule has 0 atom stereocenters. The van der Waals surface area contributed by atoms with E-state index in [2.05, 4.69) is 45.4 Å². The summed E-state index contributed by atoms with van der Waals surface area (Å²) >= 11 is 0. The number of benzene rings is 1. The van der Waals surface area contributed by atoms with Crippen molar-refractivity contribution < 1.29 is 0 Å². The van der Waals surface area contributed by atoms with E-state index >= 15 is 0 Å². The van der Waals surface area contributed by atoms with Gasteiger partial charge in [-0.2, -0.15) is 0 Å². The molecule has 0 aromatic heterocycles. The summed E-state index contributed by atoms with van der Waals surface area (Å²) in [5.74, 6) is 0. The van der Waals surface area contributed by atoms with Crippen LogP contribution >= 0.6 is 0 Å². The van der Waals surface area contributed by atoms with Crippen LogP contribution in [0.15, 0.2) is 18.2 Å². The predicted octanol–water partition coefficient (Wildman–Crippen LogP) is 2.88. The topological polar surface area (TPSA) is 0 Å². The fraction of sp³-hybridized carbons (Fsp3) is 0.300. The van der Waals surface area contributed by atoms with Crippen LogP contribution < -0.4 is 0 Å². The van der Waals surface area contributed by atoms with E-state index in [1.54, 1.807) is 0 Å². The molecule has 1 radical (unpaired) electrons. The fourth-order valence-electron chi connectivity index (χ4n) is 1.09. The summed E-state index contributed by atoms with van der Waals surface area (Å²) in [5, 5.41) is 0. The van der Waals surface area contributed by atoms with Gasteiger partial charge in [0.15, 0.2) is 0 Å². The van der Waals surface area contributed by atoms with E-state index in [4.69, 9.17) is 0 Å². The Balaban J connectivity index is 3.14. The Bertz CT molecular complexity index is 223. The maximum absolute atomic E-state index is 2.16. The second-order valence-electron chi connectivity index (χ2n) is 2.58. The number of hydrogen-bond donors (Lipinski definition) is 0. The van der Waals surface area contributed by atoms with Gasteiger partial charge in [-0.15, -0.1) is 0 Å². The quantitative estimate of drug-likeness (QED) is 0.552. The van der Waals surface area contributed by atoms with Crippen LogP contribution in [0.2, 0.25) is 0 Å². The van der Waals surface area contributed by atoms with Crippen molar-refractivity contribution in [1.82, 2.24) is 0 Å². The maximum atomic E-state index is 2.16. The molecule has 1 aromatic carbocycles. The molecule has 0 aliphatic rings. The first kappa shape index (κ1) is 7.33. The molecule has 0 aliphatic carbocycles. The second-order valence-corrected chi connectivity index (χ2v) is 2.58. The van der Waals surface area contributed by atoms with Crippen molar-refractivity contribution in [1.29, 1.82) is 0 Å². The molecular formula is C10H13. The van der Waals surface area contributed by atoms with Crippen molar-refractivity contribution in [3.05, 3.63) is 41.3 Å². The third-order valence-corrected chi connectivity index (χ3v) is 1.96. The van der Waals surface area contributed by atoms with Gasteiger partial charge in [0.2, 0.25) is 0 Å². The van der Waals surface area contributed by atoms with Gasteiger partial charge in [0, 0.05) is 0 Å². The van der Waals surface area contributed by atoms with Gasteiger partial charge in [-0.25, -0.2) is 0 Å². The lowest BCUT2D eigenvalue weighted by Crippen LogP contribution is -1.86. The molecule has 0 saturated heterocycles. The average molecular weight is 133 g/mol. The smallest absolute Gasteiger partial charge is 0.0121 e. The van der Waals surface area contributed by atoms with Gasteiger partial charge in [0.25, 0.3) is 0 Å². The molecule has 1 rings (SSSR count). The van der Waals surface area contributed by atoms with Gasteiger partial charge in [-0.3, -0.25) is 0 Å². The van der Waals surface area contributed by atoms with Crippen LogP contribution in [0.3, 0.4) is 0 Å². The molecule has 0 fully saturated rings. The van der Waals surface area contributed by atoms with Gasteiger partial charge >= 0.3 is 0 Å². The molecule has 0 heterocycles. The summed E-state index contributed by atoms with van der Waals surface area (Å²) in [5.41, 5.74) is 4.11. The molecule has 0 N–H and O–H groups in total. The Morgan fingerprint density at radius 1 is 1.20 bits per heavy atom. The van der Waals surface area contributed by atoms with E-state index in [-0.39, 0.29) is 0 Å². The summed E-state index contributed by atoms with van der Waals surface area (Å²) in [6.07, 6.45) is 2.14. The molecule has 0 heteroatoms. The van der Waals surface area contributed by atoms with E-state index in [0.29, 0.717) is 0 Å². The van der Waals surface area contributed by atoms with Gasteiger partial charge in [0.1, 0.15) is 0 Å². The van der Waals surface area contributed by atoms with Crippen LogP contribution in [-0.2, 0) is 0 Å². The van der Waals surface area contributed by atoms with Crippen molar-refractivity contribution in [3.63, 3.8) is 0 Å². The highest BCUT2D eigenvalue weighted by atomic mass is 14.0. The lowest BCUT2D eigenvalue weighted by Gasteiger charge is -2.03. The third-order valence-electron chi connectivity index (χ3n) is 1.96. The second kappa shape index (κ2) is 2.87. The van der Waals surface area contributed by atoms with Gasteiger partial charge < -0.3 is 0 Å². The Labute approximate surface area is 62.9 Å². The molecule has 53 valence electrons. The highest BCUT2D eigenvalue weighted by Gasteiger charge is 1.95. The van der Waals surface area contributed by atoms with E-state index in [0.717, 1.165) is 0 Å². The van der Waals surface area contributed by atoms with Gasteiger partial charge in [-0.05, 0) is 37.0 Å². The summed E-state index contributed by atoms with van der Waals surface area (Å²) < 4.78 is 0. The van der Waals surface area contributed by atoms with Crippen molar-refractivity contribution in [3.8, 4) is 0 Å². The molecule has 0 amide bonds. The molecule has 0 bridgehead atoms. The van der Waals surface area contributed by atoms with Crippen molar-refractivity contribution in [2.45, 2.75) is 20.8 Å². The highest BCUT2D eigenvalue weighted by molar-refractivity contribution is 5.36. The fourth-order valence-corrected chi connectivity index (χ4v) is 1.09. The van der Waals surface area contributed by atoms with Crippen molar-refractivity contribution in [2.24, 2.45) is 0 Å². The summed E-state index contributed by atoms with van der Waals surface area (Å²) in [6.45, 7) is 6.37. The molecule has 1 aromatic rings. The monoisotopic (exact) mass is 133 g/mol. The minimum Gasteiger partial charge on any atom is -0.0617 e. The van der Waals surface area contributed by atoms with E-state index < -0.39 is 0 Å². The Hall–Kier alpha value is -0.780. The standard InChI is InChI=1S/C10H13/c1-4-10-7-5-6-8(2)9(10)3/h4-7H,1-3H3. The number of rotatable bonds is 1. The van der Waals surface area contributed by atoms with Crippen LogP contribution in [0.1, 0.15) is 23.6 Å². The Morgan fingerprint density at radius 3 is 2.40 bits per heavy atom. The zero-order valence-corrected chi connectivity index (χ0v) is 6.81. The zero-order chi connectivity index (χ0) is 7.56. The van der Waals surface area contributed by atoms with Crippen LogP contribution in [0.4, 0.5) is 0 Å². The predicted molar refractivity (Wildman–Crippen MR) is 45.0 cm³/mol. The molecule has 0 spiro atoms. The summed E-state index contributed by atoms with van der Waals surface area (Å²) in [4.78, 5) is 0. The maximum Gasteiger partial charge on any atom is -0.0121 e. The first-order chi connectivity index (χ1) is 4.75. The highest BCUT2D eigenvalue weighted by Crippen LogP contribution is 2.13. The lowest BCUT2D eigenvalue weighted by atomic mass is 10.0. The summed E-state index contributed by atoms with van der Waals surface area (Å²) in [7, 11) is 0. The van der Waals surface area contributed by atoms with Crippen molar-refractivity contribution in [2.75, 3.05) is 0 Å². The van der Waals surface area contributed by atoms with Crippen LogP contribution in [0.5, 0.6) is 0 Å². The van der Waals surface area contributed by atoms with Crippen molar-refractivity contribution >= 4 is 0 Å². The normalized spacial score (nSPS) is 9.90. The Kier molecular flexibility index (Phi) is 2.10. The van der Waals surface area contributed by atoms with Crippen LogP contribution in [0, 0.1) is 20.3 Å². The van der Waals surface area contributed by atoms with Crippen LogP contribution in [-0.4, -0.2) is 0 Å². The first-order valence-corrected chi connectivity index (χ1v) is 3.61. The molecule has 0 aliphatic heterocycles. The molecule has 0 unspecified atom stereocenters. The minimum absolute atomic E-state index is 1.35. The SMILES string of the molecule is C[CH]c1cccc(C)c1C. The van der Waals surface area contributed by atoms with E-state index in [1.807, 2.05) is 0 Å². The molecular weight excluding hydrogens is 120 g/mol. The minimum atomic E-state index is 1.35. The molecule has 0 nitrogen and oxygen atoms in total. The largest absolute Gasteiger partial charge is 0.0617 e. The Morgan fingerprint density at radius 2 is 1.90 bits per heavy atom. The third kappa shape index (κ3) is 1.21. The van der Waals surface area contributed by atoms with E-state index in [9.17, 15) is 0 Å². The number of aryl methyl sites for hydroxylation is 1. The summed E-state index contributed by atoms with van der Waals surface area (Å²) in [6, 6.07) is 6.38. The van der Waals surface area contributed by atoms with Crippen LogP contribution in [0.25, 0.3) is 0 Å². The molecule has 0 saturated carbocycles. The number of hydrogen-bond acceptors (Lipinski definition) is 0. The lowest BCUT2D eigenvalue weighted by molar-refractivity contribution is 1.26.